The van der Waals surface area contributed by atoms with Gasteiger partial charge in [0.25, 0.3) is 0 Å². The number of benzene rings is 3. The summed E-state index contributed by atoms with van der Waals surface area (Å²) in [7, 11) is 2.53. The lowest BCUT2D eigenvalue weighted by molar-refractivity contribution is -0.161. The lowest BCUT2D eigenvalue weighted by atomic mass is 9.87. The molecule has 0 N–H and O–H groups in total. The van der Waals surface area contributed by atoms with Crippen molar-refractivity contribution in [3.63, 3.8) is 0 Å². The van der Waals surface area contributed by atoms with E-state index in [0.29, 0.717) is 6.61 Å². The van der Waals surface area contributed by atoms with E-state index < -0.39 is 23.8 Å². The van der Waals surface area contributed by atoms with Gasteiger partial charge in [-0.25, -0.2) is 0 Å². The molecule has 0 spiro atoms. The summed E-state index contributed by atoms with van der Waals surface area (Å²) in [4.78, 5) is 25.3. The molecule has 0 amide bonds. The van der Waals surface area contributed by atoms with Crippen molar-refractivity contribution >= 4 is 17.5 Å². The Kier molecular flexibility index (Phi) is 8.98. The van der Waals surface area contributed by atoms with Crippen molar-refractivity contribution in [2.45, 2.75) is 6.61 Å². The average molecular weight is 445 g/mol. The lowest BCUT2D eigenvalue weighted by Crippen LogP contribution is -2.35. The van der Waals surface area contributed by atoms with Gasteiger partial charge in [0.2, 0.25) is 0 Å². The Hall–Kier alpha value is -3.70. The highest BCUT2D eigenvalue weighted by atomic mass is 16.5. The van der Waals surface area contributed by atoms with Gasteiger partial charge in [-0.2, -0.15) is 0 Å². The zero-order valence-corrected chi connectivity index (χ0v) is 18.8. The highest BCUT2D eigenvalue weighted by molar-refractivity contribution is 5.96. The van der Waals surface area contributed by atoms with Gasteiger partial charge in [0.15, 0.2) is 5.92 Å². The fraction of sp³-hybridized carbons (Fsp3) is 0.214. The predicted octanol–water partition coefficient (Wildman–Crippen LogP) is 4.91. The quantitative estimate of drug-likeness (QED) is 0.328. The second-order valence-electron chi connectivity index (χ2n) is 7.50. The lowest BCUT2D eigenvalue weighted by Gasteiger charge is -2.22. The first-order chi connectivity index (χ1) is 16.1. The van der Waals surface area contributed by atoms with Crippen molar-refractivity contribution in [3.05, 3.63) is 114 Å². The van der Waals surface area contributed by atoms with Crippen molar-refractivity contribution < 1.29 is 23.8 Å². The van der Waals surface area contributed by atoms with Crippen molar-refractivity contribution in [1.82, 2.24) is 0 Å². The van der Waals surface area contributed by atoms with Crippen molar-refractivity contribution in [2.24, 2.45) is 11.8 Å². The van der Waals surface area contributed by atoms with E-state index in [1.807, 2.05) is 97.1 Å². The van der Waals surface area contributed by atoms with Crippen LogP contribution in [0.3, 0.4) is 0 Å². The molecule has 0 bridgehead atoms. The molecule has 0 heterocycles. The van der Waals surface area contributed by atoms with Crippen LogP contribution in [-0.4, -0.2) is 32.8 Å². The average Bonchev–Trinajstić information content (AvgIpc) is 2.88. The summed E-state index contributed by atoms with van der Waals surface area (Å²) in [5.41, 5.74) is 3.82. The van der Waals surface area contributed by atoms with Crippen LogP contribution in [0.4, 0.5) is 0 Å². The minimum absolute atomic E-state index is 0.132. The Bertz CT molecular complexity index is 988. The molecule has 0 unspecified atom stereocenters. The van der Waals surface area contributed by atoms with E-state index in [9.17, 15) is 9.59 Å². The maximum Gasteiger partial charge on any atom is 0.320 e. The molecule has 0 saturated heterocycles. The normalized spacial score (nSPS) is 11.5. The summed E-state index contributed by atoms with van der Waals surface area (Å²) in [5, 5.41) is 0. The van der Waals surface area contributed by atoms with Crippen LogP contribution in [0.15, 0.2) is 97.1 Å². The Morgan fingerprint density at radius 1 is 0.727 bits per heavy atom. The van der Waals surface area contributed by atoms with E-state index >= 15 is 0 Å². The Morgan fingerprint density at radius 3 is 1.64 bits per heavy atom. The highest BCUT2D eigenvalue weighted by Gasteiger charge is 2.36. The molecule has 5 nitrogen and oxygen atoms in total. The molecule has 0 aliphatic carbocycles. The monoisotopic (exact) mass is 444 g/mol. The number of ether oxygens (including phenoxy) is 3. The number of esters is 2. The number of methoxy groups -OCH3 is 2. The fourth-order valence-electron chi connectivity index (χ4n) is 3.64. The largest absolute Gasteiger partial charge is 0.468 e. The summed E-state index contributed by atoms with van der Waals surface area (Å²) >= 11 is 0. The zero-order chi connectivity index (χ0) is 23.5. The van der Waals surface area contributed by atoms with Gasteiger partial charge >= 0.3 is 11.9 Å². The molecule has 3 aromatic rings. The van der Waals surface area contributed by atoms with Crippen LogP contribution in [0.2, 0.25) is 0 Å². The van der Waals surface area contributed by atoms with Crippen LogP contribution in [0.25, 0.3) is 5.57 Å². The van der Waals surface area contributed by atoms with Crippen LogP contribution in [-0.2, 0) is 30.4 Å². The Balaban J connectivity index is 2.01. The van der Waals surface area contributed by atoms with Crippen molar-refractivity contribution in [1.29, 1.82) is 0 Å². The standard InChI is InChI=1S/C28H28O5/c1-31-27(29)26(28(30)32-2)24(20-33-19-21-12-6-3-7-13-21)18-25(22-14-8-4-9-15-22)23-16-10-5-11-17-23/h3-18,24,26H,19-20H2,1-2H3/t24-/m1/s1. The van der Waals surface area contributed by atoms with Gasteiger partial charge in [-0.1, -0.05) is 97.1 Å². The number of hydrogen-bond donors (Lipinski definition) is 0. The molecular formula is C28H28O5. The first-order valence-corrected chi connectivity index (χ1v) is 10.7. The third-order valence-corrected chi connectivity index (χ3v) is 5.31. The molecule has 0 aromatic heterocycles. The number of carbonyl (C=O) groups excluding carboxylic acids is 2. The van der Waals surface area contributed by atoms with Crippen LogP contribution in [0, 0.1) is 11.8 Å². The second kappa shape index (κ2) is 12.4. The van der Waals surface area contributed by atoms with Crippen molar-refractivity contribution in [2.75, 3.05) is 20.8 Å². The Labute approximate surface area is 194 Å². The SMILES string of the molecule is COC(=O)C(C(=O)OC)[C@H](C=C(c1ccccc1)c1ccccc1)COCc1ccccc1. The molecule has 5 heteroatoms. The summed E-state index contributed by atoms with van der Waals surface area (Å²) in [6.07, 6.45) is 1.91. The van der Waals surface area contributed by atoms with Crippen LogP contribution in [0.1, 0.15) is 16.7 Å². The number of rotatable bonds is 10. The first kappa shape index (κ1) is 24.0. The third-order valence-electron chi connectivity index (χ3n) is 5.31. The molecule has 3 aromatic carbocycles. The summed E-state index contributed by atoms with van der Waals surface area (Å²) in [6.45, 7) is 0.485. The van der Waals surface area contributed by atoms with Gasteiger partial charge in [-0.15, -0.1) is 0 Å². The van der Waals surface area contributed by atoms with Gasteiger partial charge < -0.3 is 14.2 Å². The van der Waals surface area contributed by atoms with E-state index in [-0.39, 0.29) is 6.61 Å². The molecular weight excluding hydrogens is 416 g/mol. The van der Waals surface area contributed by atoms with Gasteiger partial charge in [-0.3, -0.25) is 9.59 Å². The molecule has 170 valence electrons. The highest BCUT2D eigenvalue weighted by Crippen LogP contribution is 2.29. The van der Waals surface area contributed by atoms with E-state index in [1.54, 1.807) is 0 Å². The summed E-state index contributed by atoms with van der Waals surface area (Å²) in [5.74, 6) is -3.08. The third kappa shape index (κ3) is 6.64. The number of hydrogen-bond acceptors (Lipinski definition) is 5. The molecule has 0 aliphatic heterocycles. The maximum atomic E-state index is 12.6. The topological polar surface area (TPSA) is 61.8 Å². The molecule has 0 fully saturated rings. The number of carbonyl (C=O) groups is 2. The first-order valence-electron chi connectivity index (χ1n) is 10.7. The van der Waals surface area contributed by atoms with Crippen LogP contribution in [0.5, 0.6) is 0 Å². The second-order valence-corrected chi connectivity index (χ2v) is 7.50. The Morgan fingerprint density at radius 2 is 1.18 bits per heavy atom. The van der Waals surface area contributed by atoms with E-state index in [1.165, 1.54) is 14.2 Å². The van der Waals surface area contributed by atoms with Crippen molar-refractivity contribution in [3.8, 4) is 0 Å². The maximum absolute atomic E-state index is 12.6. The molecule has 0 radical (unpaired) electrons. The van der Waals surface area contributed by atoms with Gasteiger partial charge in [0.05, 0.1) is 27.4 Å². The minimum Gasteiger partial charge on any atom is -0.468 e. The summed E-state index contributed by atoms with van der Waals surface area (Å²) < 4.78 is 15.9. The van der Waals surface area contributed by atoms with Gasteiger partial charge in [0.1, 0.15) is 0 Å². The fourth-order valence-corrected chi connectivity index (χ4v) is 3.64. The minimum atomic E-state index is -1.15. The van der Waals surface area contributed by atoms with E-state index in [2.05, 4.69) is 0 Å². The molecule has 33 heavy (non-hydrogen) atoms. The van der Waals surface area contributed by atoms with Crippen LogP contribution >= 0.6 is 0 Å². The van der Waals surface area contributed by atoms with E-state index in [4.69, 9.17) is 14.2 Å². The zero-order valence-electron chi connectivity index (χ0n) is 18.8. The van der Waals surface area contributed by atoms with Crippen LogP contribution < -0.4 is 0 Å². The van der Waals surface area contributed by atoms with Gasteiger partial charge in [-0.05, 0) is 22.3 Å². The molecule has 3 rings (SSSR count). The summed E-state index contributed by atoms with van der Waals surface area (Å²) in [6, 6.07) is 29.4. The molecule has 1 atom stereocenters. The van der Waals surface area contributed by atoms with E-state index in [0.717, 1.165) is 22.3 Å². The smallest absolute Gasteiger partial charge is 0.320 e. The predicted molar refractivity (Wildman–Crippen MR) is 127 cm³/mol. The molecule has 0 aliphatic rings. The van der Waals surface area contributed by atoms with Gasteiger partial charge in [0, 0.05) is 5.92 Å². The molecule has 0 saturated carbocycles.